The molecule has 1 aromatic heterocycles. The topological polar surface area (TPSA) is 25.8 Å². The van der Waals surface area contributed by atoms with Gasteiger partial charge in [-0.2, -0.15) is 0 Å². The smallest absolute Gasteiger partial charge is 0.127 e. The number of aryl methyl sites for hydroxylation is 1. The summed E-state index contributed by atoms with van der Waals surface area (Å²) in [6.07, 6.45) is 0. The molecular weight excluding hydrogens is 311 g/mol. The number of fused-ring (bicyclic) bond motifs is 3. The number of nitrogens with zero attached hydrogens (tertiary/aromatic N) is 2. The molecule has 0 N–H and O–H groups in total. The third-order valence-corrected chi connectivity index (χ3v) is 3.44. The van der Waals surface area contributed by atoms with Gasteiger partial charge in [-0.05, 0) is 46.4 Å². The van der Waals surface area contributed by atoms with Crippen molar-refractivity contribution in [3.8, 4) is 0 Å². The van der Waals surface area contributed by atoms with Crippen molar-refractivity contribution >= 4 is 44.3 Å². The van der Waals surface area contributed by atoms with Crippen molar-refractivity contribution < 1.29 is 0 Å². The molecule has 0 fully saturated rings. The van der Waals surface area contributed by atoms with E-state index < -0.39 is 0 Å². The molecule has 3 aromatic rings. The van der Waals surface area contributed by atoms with Crippen molar-refractivity contribution in [2.45, 2.75) is 6.92 Å². The molecule has 0 aliphatic carbocycles. The molecule has 2 nitrogen and oxygen atoms in total. The van der Waals surface area contributed by atoms with Gasteiger partial charge in [-0.15, -0.1) is 0 Å². The Balaban J connectivity index is 2.60. The molecule has 1 heterocycles. The maximum Gasteiger partial charge on any atom is 0.127 e. The van der Waals surface area contributed by atoms with Gasteiger partial charge in [0.2, 0.25) is 0 Å². The normalized spacial score (nSPS) is 11.1. The SMILES string of the molecule is Cc1nc(I)c2c(ccc3ccccc32)n1. The third kappa shape index (κ3) is 1.46. The predicted octanol–water partition coefficient (Wildman–Crippen LogP) is 3.70. The molecule has 0 saturated carbocycles. The zero-order valence-electron chi connectivity index (χ0n) is 8.74. The maximum atomic E-state index is 4.47. The second-order valence-electron chi connectivity index (χ2n) is 3.74. The van der Waals surface area contributed by atoms with Gasteiger partial charge in [-0.1, -0.05) is 30.3 Å². The van der Waals surface area contributed by atoms with Crippen LogP contribution in [0.25, 0.3) is 21.7 Å². The van der Waals surface area contributed by atoms with Crippen LogP contribution in [-0.4, -0.2) is 9.97 Å². The first-order valence-corrected chi connectivity index (χ1v) is 6.15. The van der Waals surface area contributed by atoms with E-state index >= 15 is 0 Å². The van der Waals surface area contributed by atoms with E-state index in [2.05, 4.69) is 69.0 Å². The third-order valence-electron chi connectivity index (χ3n) is 2.66. The largest absolute Gasteiger partial charge is 0.233 e. The second-order valence-corrected chi connectivity index (χ2v) is 4.76. The van der Waals surface area contributed by atoms with Crippen molar-refractivity contribution in [1.82, 2.24) is 9.97 Å². The van der Waals surface area contributed by atoms with Gasteiger partial charge in [0.05, 0.1) is 5.52 Å². The van der Waals surface area contributed by atoms with Crippen molar-refractivity contribution in [3.63, 3.8) is 0 Å². The Morgan fingerprint density at radius 2 is 1.81 bits per heavy atom. The molecule has 16 heavy (non-hydrogen) atoms. The summed E-state index contributed by atoms with van der Waals surface area (Å²) in [6, 6.07) is 12.5. The zero-order chi connectivity index (χ0) is 11.1. The first-order chi connectivity index (χ1) is 7.75. The first-order valence-electron chi connectivity index (χ1n) is 5.07. The summed E-state index contributed by atoms with van der Waals surface area (Å²) in [4.78, 5) is 8.90. The highest BCUT2D eigenvalue weighted by molar-refractivity contribution is 14.1. The Hall–Kier alpha value is -1.23. The molecule has 0 radical (unpaired) electrons. The molecule has 3 heteroatoms. The quantitative estimate of drug-likeness (QED) is 0.359. The highest BCUT2D eigenvalue weighted by atomic mass is 127. The summed E-state index contributed by atoms with van der Waals surface area (Å²) in [5, 5.41) is 3.62. The fraction of sp³-hybridized carbons (Fsp3) is 0.0769. The number of hydrogen-bond acceptors (Lipinski definition) is 2. The average molecular weight is 320 g/mol. The summed E-state index contributed by atoms with van der Waals surface area (Å²) < 4.78 is 1.02. The number of benzene rings is 2. The number of halogens is 1. The van der Waals surface area contributed by atoms with Gasteiger partial charge in [0.15, 0.2) is 0 Å². The van der Waals surface area contributed by atoms with Gasteiger partial charge in [-0.25, -0.2) is 9.97 Å². The van der Waals surface area contributed by atoms with Crippen LogP contribution in [0.5, 0.6) is 0 Å². The van der Waals surface area contributed by atoms with Crippen LogP contribution in [0, 0.1) is 10.6 Å². The molecule has 0 amide bonds. The van der Waals surface area contributed by atoms with Crippen LogP contribution in [-0.2, 0) is 0 Å². The second kappa shape index (κ2) is 3.66. The van der Waals surface area contributed by atoms with Crippen LogP contribution in [0.15, 0.2) is 36.4 Å². The molecule has 2 aromatic carbocycles. The number of rotatable bonds is 0. The molecule has 0 unspecified atom stereocenters. The monoisotopic (exact) mass is 320 g/mol. The number of hydrogen-bond donors (Lipinski definition) is 0. The summed E-state index contributed by atoms with van der Waals surface area (Å²) in [6.45, 7) is 1.93. The van der Waals surface area contributed by atoms with E-state index in [-0.39, 0.29) is 0 Å². The fourth-order valence-electron chi connectivity index (χ4n) is 1.97. The van der Waals surface area contributed by atoms with E-state index in [1.165, 1.54) is 10.8 Å². The average Bonchev–Trinajstić information content (AvgIpc) is 2.28. The predicted molar refractivity (Wildman–Crippen MR) is 74.5 cm³/mol. The molecule has 0 spiro atoms. The van der Waals surface area contributed by atoms with Gasteiger partial charge in [0, 0.05) is 5.39 Å². The Morgan fingerprint density at radius 1 is 1.00 bits per heavy atom. The summed E-state index contributed by atoms with van der Waals surface area (Å²) in [5.74, 6) is 0.826. The zero-order valence-corrected chi connectivity index (χ0v) is 10.9. The van der Waals surface area contributed by atoms with Crippen LogP contribution >= 0.6 is 22.6 Å². The van der Waals surface area contributed by atoms with Crippen LogP contribution < -0.4 is 0 Å². The number of aromatic nitrogens is 2. The summed E-state index contributed by atoms with van der Waals surface area (Å²) in [7, 11) is 0. The molecule has 0 bridgehead atoms. The Morgan fingerprint density at radius 3 is 2.69 bits per heavy atom. The molecule has 0 aliphatic heterocycles. The van der Waals surface area contributed by atoms with Crippen molar-refractivity contribution in [1.29, 1.82) is 0 Å². The fourth-order valence-corrected chi connectivity index (χ4v) is 2.88. The Labute approximate surface area is 107 Å². The van der Waals surface area contributed by atoms with Gasteiger partial charge in [0.1, 0.15) is 9.53 Å². The molecule has 0 aliphatic rings. The van der Waals surface area contributed by atoms with Gasteiger partial charge >= 0.3 is 0 Å². The standard InChI is InChI=1S/C13H9IN2/c1-8-15-11-7-6-9-4-2-3-5-10(9)12(11)13(14)16-8/h2-7H,1H3. The summed E-state index contributed by atoms with van der Waals surface area (Å²) in [5.41, 5.74) is 1.02. The van der Waals surface area contributed by atoms with Gasteiger partial charge < -0.3 is 0 Å². The highest BCUT2D eigenvalue weighted by Crippen LogP contribution is 2.27. The molecule has 3 rings (SSSR count). The molecule has 0 saturated heterocycles. The van der Waals surface area contributed by atoms with Crippen molar-refractivity contribution in [2.75, 3.05) is 0 Å². The van der Waals surface area contributed by atoms with E-state index in [0.717, 1.165) is 20.4 Å². The lowest BCUT2D eigenvalue weighted by molar-refractivity contribution is 1.07. The van der Waals surface area contributed by atoms with E-state index in [1.54, 1.807) is 0 Å². The lowest BCUT2D eigenvalue weighted by Gasteiger charge is -2.05. The lowest BCUT2D eigenvalue weighted by atomic mass is 10.1. The van der Waals surface area contributed by atoms with E-state index in [9.17, 15) is 0 Å². The minimum absolute atomic E-state index is 0.826. The molecule has 78 valence electrons. The Bertz CT molecular complexity index is 692. The maximum absolute atomic E-state index is 4.47. The lowest BCUT2D eigenvalue weighted by Crippen LogP contribution is -1.93. The van der Waals surface area contributed by atoms with Crippen LogP contribution in [0.3, 0.4) is 0 Å². The van der Waals surface area contributed by atoms with Crippen LogP contribution in [0.2, 0.25) is 0 Å². The first kappa shape index (κ1) is 9.96. The van der Waals surface area contributed by atoms with Crippen LogP contribution in [0.4, 0.5) is 0 Å². The van der Waals surface area contributed by atoms with E-state index in [4.69, 9.17) is 0 Å². The highest BCUT2D eigenvalue weighted by Gasteiger charge is 2.06. The van der Waals surface area contributed by atoms with Crippen molar-refractivity contribution in [3.05, 3.63) is 45.9 Å². The van der Waals surface area contributed by atoms with Gasteiger partial charge in [-0.3, -0.25) is 0 Å². The summed E-state index contributed by atoms with van der Waals surface area (Å²) >= 11 is 2.28. The van der Waals surface area contributed by atoms with Crippen LogP contribution in [0.1, 0.15) is 5.82 Å². The minimum atomic E-state index is 0.826. The minimum Gasteiger partial charge on any atom is -0.233 e. The van der Waals surface area contributed by atoms with E-state index in [1.807, 2.05) is 6.92 Å². The van der Waals surface area contributed by atoms with E-state index in [0.29, 0.717) is 0 Å². The van der Waals surface area contributed by atoms with Gasteiger partial charge in [0.25, 0.3) is 0 Å². The molecule has 0 atom stereocenters. The molecular formula is C13H9IN2. The Kier molecular flexibility index (Phi) is 2.28. The van der Waals surface area contributed by atoms with Crippen molar-refractivity contribution in [2.24, 2.45) is 0 Å².